The molecule has 37 heavy (non-hydrogen) atoms. The summed E-state index contributed by atoms with van der Waals surface area (Å²) in [7, 11) is 0. The molecule has 0 unspecified atom stereocenters. The fourth-order valence-electron chi connectivity index (χ4n) is 5.36. The number of nitrogens with one attached hydrogen (secondary N) is 1. The molecule has 2 fully saturated rings. The van der Waals surface area contributed by atoms with E-state index in [4.69, 9.17) is 9.84 Å². The normalized spacial score (nSPS) is 20.4. The summed E-state index contributed by atoms with van der Waals surface area (Å²) in [5.74, 6) is 0.392. The molecule has 1 saturated carbocycles. The zero-order chi connectivity index (χ0) is 26.4. The van der Waals surface area contributed by atoms with Gasteiger partial charge in [-0.05, 0) is 70.4 Å². The molecule has 1 saturated heterocycles. The zero-order valence-corrected chi connectivity index (χ0v) is 22.2. The van der Waals surface area contributed by atoms with Crippen LogP contribution in [0, 0.1) is 11.8 Å². The first-order chi connectivity index (χ1) is 17.9. The number of hydrogen-bond acceptors (Lipinski definition) is 5. The summed E-state index contributed by atoms with van der Waals surface area (Å²) in [5.41, 5.74) is 1.08. The number of hydrogen-bond donors (Lipinski definition) is 1. The molecule has 200 valence electrons. The number of aromatic nitrogens is 2. The summed E-state index contributed by atoms with van der Waals surface area (Å²) >= 11 is 0. The maximum absolute atomic E-state index is 14.1. The quantitative estimate of drug-likeness (QED) is 0.558. The lowest BCUT2D eigenvalue weighted by Crippen LogP contribution is -2.53. The highest BCUT2D eigenvalue weighted by Crippen LogP contribution is 2.34. The molecule has 1 aromatic heterocycles. The lowest BCUT2D eigenvalue weighted by Gasteiger charge is -2.40. The molecule has 9 heteroatoms. The van der Waals surface area contributed by atoms with Crippen molar-refractivity contribution in [1.82, 2.24) is 20.0 Å². The van der Waals surface area contributed by atoms with E-state index in [1.54, 1.807) is 27.6 Å². The van der Waals surface area contributed by atoms with E-state index in [1.165, 1.54) is 0 Å². The molecule has 2 aliphatic rings. The van der Waals surface area contributed by atoms with Crippen molar-refractivity contribution in [2.75, 3.05) is 31.1 Å². The van der Waals surface area contributed by atoms with Gasteiger partial charge in [-0.25, -0.2) is 14.3 Å². The summed E-state index contributed by atoms with van der Waals surface area (Å²) in [4.78, 5) is 43.2. The fourth-order valence-corrected chi connectivity index (χ4v) is 5.36. The van der Waals surface area contributed by atoms with Crippen LogP contribution in [0.5, 0.6) is 0 Å². The molecule has 0 atom stereocenters. The van der Waals surface area contributed by atoms with Crippen molar-refractivity contribution in [3.8, 4) is 5.69 Å². The van der Waals surface area contributed by atoms with E-state index >= 15 is 0 Å². The molecule has 2 heterocycles. The molecular formula is C28H39N5O4. The molecule has 1 aliphatic carbocycles. The Balaban J connectivity index is 1.70. The number of nitrogens with zero attached hydrogens (tertiary/aromatic N) is 4. The summed E-state index contributed by atoms with van der Waals surface area (Å²) in [6.45, 7) is 7.78. The van der Waals surface area contributed by atoms with Crippen LogP contribution in [0.4, 0.5) is 10.6 Å². The molecule has 0 bridgehead atoms. The van der Waals surface area contributed by atoms with Crippen LogP contribution in [0.15, 0.2) is 36.5 Å². The van der Waals surface area contributed by atoms with E-state index in [0.717, 1.165) is 31.4 Å². The second-order valence-electron chi connectivity index (χ2n) is 10.1. The van der Waals surface area contributed by atoms with Crippen molar-refractivity contribution in [2.24, 2.45) is 11.8 Å². The highest BCUT2D eigenvalue weighted by molar-refractivity contribution is 6.02. The number of para-hydroxylation sites is 1. The Hall–Kier alpha value is -3.36. The maximum Gasteiger partial charge on any atom is 0.343 e. The number of amides is 3. The molecule has 1 N–H and O–H groups in total. The van der Waals surface area contributed by atoms with Crippen molar-refractivity contribution in [1.29, 1.82) is 0 Å². The average Bonchev–Trinajstić information content (AvgIpc) is 3.35. The van der Waals surface area contributed by atoms with Crippen molar-refractivity contribution >= 4 is 23.7 Å². The van der Waals surface area contributed by atoms with E-state index in [9.17, 15) is 14.4 Å². The third-order valence-corrected chi connectivity index (χ3v) is 7.49. The van der Waals surface area contributed by atoms with Crippen LogP contribution in [-0.4, -0.2) is 64.9 Å². The molecule has 9 nitrogen and oxygen atoms in total. The Morgan fingerprint density at radius 2 is 1.70 bits per heavy atom. The molecule has 1 aliphatic heterocycles. The number of piperidine rings is 1. The van der Waals surface area contributed by atoms with Crippen molar-refractivity contribution in [2.45, 2.75) is 65.3 Å². The highest BCUT2D eigenvalue weighted by Gasteiger charge is 2.38. The van der Waals surface area contributed by atoms with Gasteiger partial charge in [0, 0.05) is 37.8 Å². The summed E-state index contributed by atoms with van der Waals surface area (Å²) in [6, 6.07) is 9.30. The lowest BCUT2D eigenvalue weighted by atomic mass is 9.82. The first-order valence-electron chi connectivity index (χ1n) is 13.6. The van der Waals surface area contributed by atoms with Gasteiger partial charge < -0.3 is 15.0 Å². The number of anilines is 1. The van der Waals surface area contributed by atoms with Crippen LogP contribution in [0.2, 0.25) is 0 Å². The molecule has 0 radical (unpaired) electrons. The van der Waals surface area contributed by atoms with Gasteiger partial charge in [-0.15, -0.1) is 5.10 Å². The van der Waals surface area contributed by atoms with Crippen molar-refractivity contribution in [3.05, 3.63) is 42.1 Å². The molecule has 1 aromatic carbocycles. The van der Waals surface area contributed by atoms with Crippen LogP contribution in [0.3, 0.4) is 0 Å². The Kier molecular flexibility index (Phi) is 8.84. The van der Waals surface area contributed by atoms with Crippen LogP contribution < -0.4 is 10.2 Å². The van der Waals surface area contributed by atoms with Crippen LogP contribution in [0.1, 0.15) is 69.7 Å². The summed E-state index contributed by atoms with van der Waals surface area (Å²) in [6.07, 6.45) is 6.60. The first-order valence-corrected chi connectivity index (χ1v) is 13.6. The Labute approximate surface area is 219 Å². The number of ether oxygens (including phenoxy) is 1. The smallest absolute Gasteiger partial charge is 0.343 e. The van der Waals surface area contributed by atoms with Crippen LogP contribution in [0.25, 0.3) is 5.69 Å². The van der Waals surface area contributed by atoms with Gasteiger partial charge in [0.1, 0.15) is 5.56 Å². The average molecular weight is 510 g/mol. The number of benzene rings is 1. The van der Waals surface area contributed by atoms with Crippen LogP contribution >= 0.6 is 0 Å². The highest BCUT2D eigenvalue weighted by atomic mass is 16.5. The predicted molar refractivity (Wildman–Crippen MR) is 142 cm³/mol. The van der Waals surface area contributed by atoms with E-state index < -0.39 is 5.97 Å². The van der Waals surface area contributed by atoms with Gasteiger partial charge >= 0.3 is 12.0 Å². The van der Waals surface area contributed by atoms with E-state index in [2.05, 4.69) is 12.2 Å². The van der Waals surface area contributed by atoms with Crippen molar-refractivity contribution < 1.29 is 19.1 Å². The standard InChI is InChI=1S/C28H39N5O4/c1-4-29-28(36)31-17-15-23(16-18-31)33(26(34)21-13-11-20(3)12-14-21)25-24(27(35)37-5-2)19-32(30-25)22-9-7-6-8-10-22/h6-10,19-21,23H,4-5,11-18H2,1-3H3,(H,29,36). The van der Waals surface area contributed by atoms with Crippen molar-refractivity contribution in [3.63, 3.8) is 0 Å². The minimum absolute atomic E-state index is 0.0206. The molecule has 3 amide bonds. The molecule has 4 rings (SSSR count). The number of rotatable bonds is 7. The van der Waals surface area contributed by atoms with Gasteiger partial charge in [-0.1, -0.05) is 25.1 Å². The van der Waals surface area contributed by atoms with Crippen LogP contribution in [-0.2, 0) is 9.53 Å². The van der Waals surface area contributed by atoms with Gasteiger partial charge in [0.05, 0.1) is 12.3 Å². The second kappa shape index (κ2) is 12.3. The Bertz CT molecular complexity index is 1070. The molecule has 2 aromatic rings. The topological polar surface area (TPSA) is 96.8 Å². The SMILES string of the molecule is CCNC(=O)N1CCC(N(C(=O)C2CCC(C)CC2)c2nn(-c3ccccc3)cc2C(=O)OCC)CC1. The Morgan fingerprint density at radius 3 is 2.32 bits per heavy atom. The monoisotopic (exact) mass is 509 g/mol. The third-order valence-electron chi connectivity index (χ3n) is 7.49. The second-order valence-corrected chi connectivity index (χ2v) is 10.1. The molecular weight excluding hydrogens is 470 g/mol. The van der Waals surface area contributed by atoms with Gasteiger partial charge in [-0.3, -0.25) is 9.69 Å². The molecule has 0 spiro atoms. The number of carbonyl (C=O) groups is 3. The van der Waals surface area contributed by atoms with Gasteiger partial charge in [-0.2, -0.15) is 0 Å². The minimum atomic E-state index is -0.491. The number of urea groups is 1. The Morgan fingerprint density at radius 1 is 1.03 bits per heavy atom. The van der Waals surface area contributed by atoms with E-state index in [-0.39, 0.29) is 36.1 Å². The largest absolute Gasteiger partial charge is 0.462 e. The fraction of sp³-hybridized carbons (Fsp3) is 0.571. The van der Waals surface area contributed by atoms with E-state index in [1.807, 2.05) is 37.3 Å². The number of likely N-dealkylation sites (tertiary alicyclic amines) is 1. The zero-order valence-electron chi connectivity index (χ0n) is 22.2. The predicted octanol–water partition coefficient (Wildman–Crippen LogP) is 4.40. The minimum Gasteiger partial charge on any atom is -0.462 e. The summed E-state index contributed by atoms with van der Waals surface area (Å²) < 4.78 is 7.03. The number of carbonyl (C=O) groups excluding carboxylic acids is 3. The van der Waals surface area contributed by atoms with E-state index in [0.29, 0.717) is 44.2 Å². The van der Waals surface area contributed by atoms with Gasteiger partial charge in [0.25, 0.3) is 0 Å². The lowest BCUT2D eigenvalue weighted by molar-refractivity contribution is -0.124. The number of esters is 1. The van der Waals surface area contributed by atoms with Gasteiger partial charge in [0.2, 0.25) is 5.91 Å². The first kappa shape index (κ1) is 26.7. The third kappa shape index (κ3) is 6.14. The summed E-state index contributed by atoms with van der Waals surface area (Å²) in [5, 5.41) is 7.66. The van der Waals surface area contributed by atoms with Gasteiger partial charge in [0.15, 0.2) is 5.82 Å². The maximum atomic E-state index is 14.1.